The Hall–Kier alpha value is -3.06. The number of aromatic nitrogens is 1. The first kappa shape index (κ1) is 21.2. The molecule has 1 saturated heterocycles. The number of hydrogen-bond donors (Lipinski definition) is 1. The number of carbonyl (C=O) groups is 1. The lowest BCUT2D eigenvalue weighted by Crippen LogP contribution is -2.41. The van der Waals surface area contributed by atoms with E-state index >= 15 is 0 Å². The van der Waals surface area contributed by atoms with E-state index in [0.717, 1.165) is 49.1 Å². The number of nitrogens with zero attached hydrogens (tertiary/aromatic N) is 2. The van der Waals surface area contributed by atoms with Gasteiger partial charge in [0.25, 0.3) is 0 Å². The first-order chi connectivity index (χ1) is 15.1. The van der Waals surface area contributed by atoms with Crippen LogP contribution in [0, 0.1) is 11.7 Å². The van der Waals surface area contributed by atoms with E-state index in [1.54, 1.807) is 30.0 Å². The maximum atomic E-state index is 13.0. The van der Waals surface area contributed by atoms with Gasteiger partial charge in [0.1, 0.15) is 17.3 Å². The fourth-order valence-electron chi connectivity index (χ4n) is 3.95. The molecule has 1 aliphatic rings. The fourth-order valence-corrected chi connectivity index (χ4v) is 3.95. The van der Waals surface area contributed by atoms with Crippen LogP contribution in [-0.4, -0.2) is 55.4 Å². The van der Waals surface area contributed by atoms with Crippen LogP contribution < -0.4 is 14.8 Å². The molecule has 164 valence electrons. The van der Waals surface area contributed by atoms with Gasteiger partial charge in [-0.2, -0.15) is 0 Å². The molecule has 3 aromatic rings. The Morgan fingerprint density at radius 1 is 1.10 bits per heavy atom. The molecule has 0 unspecified atom stereocenters. The minimum absolute atomic E-state index is 0.122. The minimum Gasteiger partial charge on any atom is -0.497 e. The van der Waals surface area contributed by atoms with Gasteiger partial charge < -0.3 is 19.7 Å². The number of nitrogens with one attached hydrogen (secondary N) is 1. The molecule has 0 spiro atoms. The Kier molecular flexibility index (Phi) is 6.72. The zero-order valence-corrected chi connectivity index (χ0v) is 17.7. The van der Waals surface area contributed by atoms with E-state index < -0.39 is 0 Å². The predicted molar refractivity (Wildman–Crippen MR) is 118 cm³/mol. The average Bonchev–Trinajstić information content (AvgIpc) is 3.23. The highest BCUT2D eigenvalue weighted by atomic mass is 19.1. The van der Waals surface area contributed by atoms with Crippen molar-refractivity contribution in [2.75, 3.05) is 39.9 Å². The molecule has 1 aromatic heterocycles. The molecule has 1 amide bonds. The summed E-state index contributed by atoms with van der Waals surface area (Å²) in [5.74, 6) is 1.73. The molecule has 1 N–H and O–H groups in total. The number of piperidine rings is 1. The van der Waals surface area contributed by atoms with Gasteiger partial charge in [-0.1, -0.05) is 0 Å². The Bertz CT molecular complexity index is 1010. The van der Waals surface area contributed by atoms with Gasteiger partial charge in [0.15, 0.2) is 0 Å². The molecule has 2 aromatic carbocycles. The molecule has 0 aliphatic carbocycles. The topological polar surface area (TPSA) is 55.7 Å². The second-order valence-electron chi connectivity index (χ2n) is 7.89. The number of amides is 1. The largest absolute Gasteiger partial charge is 0.497 e. The molecular formula is C24H28FN3O3. The van der Waals surface area contributed by atoms with Crippen LogP contribution >= 0.6 is 0 Å². The molecule has 31 heavy (non-hydrogen) atoms. The number of rotatable bonds is 7. The molecule has 2 heterocycles. The molecule has 1 fully saturated rings. The second-order valence-corrected chi connectivity index (χ2v) is 7.89. The maximum absolute atomic E-state index is 13.0. The van der Waals surface area contributed by atoms with E-state index in [1.165, 1.54) is 12.1 Å². The maximum Gasteiger partial charge on any atom is 0.326 e. The molecule has 0 bridgehead atoms. The van der Waals surface area contributed by atoms with Gasteiger partial charge in [0.05, 0.1) is 19.2 Å². The molecule has 6 nitrogen and oxygen atoms in total. The number of carbonyl (C=O) groups excluding carboxylic acids is 1. The number of benzene rings is 2. The van der Waals surface area contributed by atoms with Crippen molar-refractivity contribution < 1.29 is 18.7 Å². The molecular weight excluding hydrogens is 397 g/mol. The third-order valence-corrected chi connectivity index (χ3v) is 5.83. The second kappa shape index (κ2) is 9.83. The van der Waals surface area contributed by atoms with Gasteiger partial charge in [-0.05, 0) is 80.4 Å². The fraction of sp³-hybridized carbons (Fsp3) is 0.375. The summed E-state index contributed by atoms with van der Waals surface area (Å²) in [5, 5.41) is 3.98. The smallest absolute Gasteiger partial charge is 0.326 e. The van der Waals surface area contributed by atoms with Crippen molar-refractivity contribution in [1.29, 1.82) is 0 Å². The number of halogens is 1. The van der Waals surface area contributed by atoms with Crippen LogP contribution in [0.4, 0.5) is 9.18 Å². The van der Waals surface area contributed by atoms with Gasteiger partial charge in [0, 0.05) is 24.7 Å². The van der Waals surface area contributed by atoms with Crippen LogP contribution in [0.25, 0.3) is 10.9 Å². The quantitative estimate of drug-likeness (QED) is 0.618. The van der Waals surface area contributed by atoms with Crippen molar-refractivity contribution in [3.8, 4) is 11.5 Å². The van der Waals surface area contributed by atoms with Gasteiger partial charge >= 0.3 is 6.03 Å². The standard InChI is InChI=1S/C24H28FN3O3/c1-30-22-6-7-23-19(16-22)10-14-28(23)24(29)26-11-15-27-12-8-18(9-13-27)17-31-21-4-2-20(25)3-5-21/h2-7,10,14,16,18H,8-9,11-13,15,17H2,1H3,(H,26,29). The van der Waals surface area contributed by atoms with Crippen LogP contribution in [0.1, 0.15) is 12.8 Å². The number of fused-ring (bicyclic) bond motifs is 1. The number of likely N-dealkylation sites (tertiary alicyclic amines) is 1. The first-order valence-electron chi connectivity index (χ1n) is 10.7. The summed E-state index contributed by atoms with van der Waals surface area (Å²) < 4.78 is 25.6. The van der Waals surface area contributed by atoms with E-state index in [0.29, 0.717) is 24.8 Å². The summed E-state index contributed by atoms with van der Waals surface area (Å²) in [6.45, 7) is 4.05. The van der Waals surface area contributed by atoms with Crippen molar-refractivity contribution in [3.05, 3.63) is 60.5 Å². The van der Waals surface area contributed by atoms with Gasteiger partial charge in [0.2, 0.25) is 0 Å². The zero-order chi connectivity index (χ0) is 21.6. The number of hydrogen-bond acceptors (Lipinski definition) is 4. The Balaban J connectivity index is 1.18. The van der Waals surface area contributed by atoms with Gasteiger partial charge in [-0.3, -0.25) is 4.57 Å². The molecule has 0 atom stereocenters. The number of ether oxygens (including phenoxy) is 2. The summed E-state index contributed by atoms with van der Waals surface area (Å²) in [5.41, 5.74) is 0.861. The van der Waals surface area contributed by atoms with Crippen molar-refractivity contribution in [2.24, 2.45) is 5.92 Å². The van der Waals surface area contributed by atoms with Crippen molar-refractivity contribution in [3.63, 3.8) is 0 Å². The summed E-state index contributed by atoms with van der Waals surface area (Å²) in [7, 11) is 1.63. The Labute approximate surface area is 181 Å². The summed E-state index contributed by atoms with van der Waals surface area (Å²) >= 11 is 0. The predicted octanol–water partition coefficient (Wildman–Crippen LogP) is 4.14. The molecule has 4 rings (SSSR count). The van der Waals surface area contributed by atoms with Crippen LogP contribution in [0.15, 0.2) is 54.7 Å². The minimum atomic E-state index is -0.252. The van der Waals surface area contributed by atoms with Crippen molar-refractivity contribution >= 4 is 16.9 Å². The SMILES string of the molecule is COc1ccc2c(ccn2C(=O)NCCN2CCC(COc3ccc(F)cc3)CC2)c1. The molecule has 0 saturated carbocycles. The van der Waals surface area contributed by atoms with Gasteiger partial charge in [-0.25, -0.2) is 9.18 Å². The zero-order valence-electron chi connectivity index (χ0n) is 17.7. The van der Waals surface area contributed by atoms with Gasteiger partial charge in [-0.15, -0.1) is 0 Å². The van der Waals surface area contributed by atoms with Crippen LogP contribution in [0.5, 0.6) is 11.5 Å². The third kappa shape index (κ3) is 5.35. The first-order valence-corrected chi connectivity index (χ1v) is 10.7. The summed E-state index contributed by atoms with van der Waals surface area (Å²) in [4.78, 5) is 14.9. The molecule has 0 radical (unpaired) electrons. The van der Waals surface area contributed by atoms with Crippen molar-refractivity contribution in [2.45, 2.75) is 12.8 Å². The normalized spacial score (nSPS) is 15.2. The third-order valence-electron chi connectivity index (χ3n) is 5.83. The van der Waals surface area contributed by atoms with Crippen LogP contribution in [0.3, 0.4) is 0 Å². The lowest BCUT2D eigenvalue weighted by Gasteiger charge is -2.31. The van der Waals surface area contributed by atoms with E-state index in [2.05, 4.69) is 10.2 Å². The van der Waals surface area contributed by atoms with E-state index in [-0.39, 0.29) is 11.8 Å². The highest BCUT2D eigenvalue weighted by Crippen LogP contribution is 2.22. The Morgan fingerprint density at radius 2 is 1.84 bits per heavy atom. The molecule has 7 heteroatoms. The monoisotopic (exact) mass is 425 g/mol. The van der Waals surface area contributed by atoms with Crippen LogP contribution in [-0.2, 0) is 0 Å². The van der Waals surface area contributed by atoms with Crippen molar-refractivity contribution in [1.82, 2.24) is 14.8 Å². The Morgan fingerprint density at radius 3 is 2.58 bits per heavy atom. The van der Waals surface area contributed by atoms with E-state index in [9.17, 15) is 9.18 Å². The van der Waals surface area contributed by atoms with E-state index in [4.69, 9.17) is 9.47 Å². The van der Waals surface area contributed by atoms with E-state index in [1.807, 2.05) is 24.3 Å². The highest BCUT2D eigenvalue weighted by Gasteiger charge is 2.20. The lowest BCUT2D eigenvalue weighted by atomic mass is 9.98. The highest BCUT2D eigenvalue weighted by molar-refractivity contribution is 5.92. The summed E-state index contributed by atoms with van der Waals surface area (Å²) in [6.07, 6.45) is 3.89. The lowest BCUT2D eigenvalue weighted by molar-refractivity contribution is 0.142. The van der Waals surface area contributed by atoms with Crippen LogP contribution in [0.2, 0.25) is 0 Å². The average molecular weight is 426 g/mol. The number of methoxy groups -OCH3 is 1. The summed E-state index contributed by atoms with van der Waals surface area (Å²) in [6, 6.07) is 13.6. The molecule has 1 aliphatic heterocycles.